The number of hydrogen-bond acceptors (Lipinski definition) is 4. The number of nitrogens with two attached hydrogens (primary N) is 1. The molecule has 1 aromatic rings. The highest BCUT2D eigenvalue weighted by atomic mass is 32.2. The molecule has 0 saturated heterocycles. The standard InChI is InChI=1S/C14H23N3S/c1-11-12(15)6-7-13(17-11)16-10-14(18-2)8-4-3-5-9-14/h6-7H,3-5,8-10,15H2,1-2H3,(H,16,17). The molecule has 1 saturated carbocycles. The van der Waals surface area contributed by atoms with Gasteiger partial charge in [0.1, 0.15) is 5.82 Å². The molecule has 18 heavy (non-hydrogen) atoms. The molecule has 0 aliphatic heterocycles. The van der Waals surface area contributed by atoms with Crippen LogP contribution in [0.4, 0.5) is 11.5 Å². The van der Waals surface area contributed by atoms with Crippen LogP contribution in [0.15, 0.2) is 12.1 Å². The van der Waals surface area contributed by atoms with Crippen LogP contribution in [0.1, 0.15) is 37.8 Å². The molecule has 3 N–H and O–H groups in total. The molecule has 0 radical (unpaired) electrons. The van der Waals surface area contributed by atoms with Crippen molar-refractivity contribution in [2.75, 3.05) is 23.9 Å². The molecule has 1 aliphatic rings. The molecule has 1 fully saturated rings. The first-order valence-electron chi connectivity index (χ1n) is 6.67. The van der Waals surface area contributed by atoms with Crippen molar-refractivity contribution >= 4 is 23.3 Å². The summed E-state index contributed by atoms with van der Waals surface area (Å²) in [6.07, 6.45) is 8.97. The van der Waals surface area contributed by atoms with Crippen LogP contribution in [0.25, 0.3) is 0 Å². The molecule has 0 atom stereocenters. The molecule has 0 amide bonds. The van der Waals surface area contributed by atoms with Crippen molar-refractivity contribution in [3.8, 4) is 0 Å². The molecular formula is C14H23N3S. The summed E-state index contributed by atoms with van der Waals surface area (Å²) >= 11 is 2.00. The lowest BCUT2D eigenvalue weighted by molar-refractivity contribution is 0.411. The fraction of sp³-hybridized carbons (Fsp3) is 0.643. The van der Waals surface area contributed by atoms with Crippen LogP contribution in [0.5, 0.6) is 0 Å². The number of nitrogens with zero attached hydrogens (tertiary/aromatic N) is 1. The number of hydrogen-bond donors (Lipinski definition) is 2. The van der Waals surface area contributed by atoms with E-state index in [2.05, 4.69) is 16.6 Å². The van der Waals surface area contributed by atoms with Crippen LogP contribution in [0.2, 0.25) is 0 Å². The Kier molecular flexibility index (Phi) is 4.38. The van der Waals surface area contributed by atoms with Crippen LogP contribution >= 0.6 is 11.8 Å². The molecule has 100 valence electrons. The quantitative estimate of drug-likeness (QED) is 0.875. The first kappa shape index (κ1) is 13.5. The summed E-state index contributed by atoms with van der Waals surface area (Å²) < 4.78 is 0.398. The highest BCUT2D eigenvalue weighted by Crippen LogP contribution is 2.38. The minimum absolute atomic E-state index is 0.398. The van der Waals surface area contributed by atoms with Crippen LogP contribution in [-0.4, -0.2) is 22.5 Å². The molecule has 0 unspecified atom stereocenters. The van der Waals surface area contributed by atoms with E-state index in [1.54, 1.807) is 0 Å². The van der Waals surface area contributed by atoms with E-state index in [0.717, 1.165) is 23.7 Å². The van der Waals surface area contributed by atoms with Gasteiger partial charge in [-0.1, -0.05) is 19.3 Å². The molecule has 0 spiro atoms. The average Bonchev–Trinajstić information content (AvgIpc) is 2.41. The molecule has 1 aliphatic carbocycles. The molecule has 4 heteroatoms. The summed E-state index contributed by atoms with van der Waals surface area (Å²) in [5.74, 6) is 0.945. The maximum Gasteiger partial charge on any atom is 0.126 e. The van der Waals surface area contributed by atoms with Crippen molar-refractivity contribution in [2.24, 2.45) is 0 Å². The molecule has 1 heterocycles. The third-order valence-electron chi connectivity index (χ3n) is 3.92. The normalized spacial score (nSPS) is 18.6. The fourth-order valence-corrected chi connectivity index (χ4v) is 3.48. The SMILES string of the molecule is CSC1(CNc2ccc(N)c(C)n2)CCCCC1. The van der Waals surface area contributed by atoms with E-state index >= 15 is 0 Å². The summed E-state index contributed by atoms with van der Waals surface area (Å²) in [4.78, 5) is 4.48. The second-order valence-electron chi connectivity index (χ2n) is 5.17. The molecule has 0 bridgehead atoms. The minimum Gasteiger partial charge on any atom is -0.397 e. The topological polar surface area (TPSA) is 50.9 Å². The van der Waals surface area contributed by atoms with Crippen molar-refractivity contribution < 1.29 is 0 Å². The average molecular weight is 265 g/mol. The summed E-state index contributed by atoms with van der Waals surface area (Å²) in [7, 11) is 0. The first-order chi connectivity index (χ1) is 8.65. The van der Waals surface area contributed by atoms with E-state index in [9.17, 15) is 0 Å². The summed E-state index contributed by atoms with van der Waals surface area (Å²) in [5.41, 5.74) is 7.45. The third kappa shape index (κ3) is 3.10. The zero-order chi connectivity index (χ0) is 13.0. The van der Waals surface area contributed by atoms with E-state index in [1.165, 1.54) is 32.1 Å². The lowest BCUT2D eigenvalue weighted by atomic mass is 9.88. The Bertz CT molecular complexity index is 400. The van der Waals surface area contributed by atoms with Gasteiger partial charge < -0.3 is 11.1 Å². The van der Waals surface area contributed by atoms with E-state index in [4.69, 9.17) is 5.73 Å². The van der Waals surface area contributed by atoms with Gasteiger partial charge in [0.05, 0.1) is 11.4 Å². The Labute approximate surface area is 114 Å². The number of thioether (sulfide) groups is 1. The number of nitrogen functional groups attached to an aromatic ring is 1. The number of rotatable bonds is 4. The van der Waals surface area contributed by atoms with Gasteiger partial charge in [-0.05, 0) is 38.2 Å². The fourth-order valence-electron chi connectivity index (χ4n) is 2.57. The van der Waals surface area contributed by atoms with Gasteiger partial charge in [0.25, 0.3) is 0 Å². The van der Waals surface area contributed by atoms with Crippen molar-refractivity contribution in [1.82, 2.24) is 4.98 Å². The van der Waals surface area contributed by atoms with E-state index in [1.807, 2.05) is 30.8 Å². The van der Waals surface area contributed by atoms with Gasteiger partial charge in [-0.15, -0.1) is 0 Å². The molecular weight excluding hydrogens is 242 g/mol. The molecule has 0 aromatic carbocycles. The second-order valence-corrected chi connectivity index (χ2v) is 6.45. The number of aromatic nitrogens is 1. The lowest BCUT2D eigenvalue weighted by Gasteiger charge is -2.36. The van der Waals surface area contributed by atoms with Crippen molar-refractivity contribution in [2.45, 2.75) is 43.8 Å². The zero-order valence-electron chi connectivity index (χ0n) is 11.3. The van der Waals surface area contributed by atoms with E-state index < -0.39 is 0 Å². The van der Waals surface area contributed by atoms with Gasteiger partial charge in [-0.25, -0.2) is 4.98 Å². The number of pyridine rings is 1. The summed E-state index contributed by atoms with van der Waals surface area (Å²) in [6.45, 7) is 2.95. The Morgan fingerprint density at radius 2 is 2.06 bits per heavy atom. The van der Waals surface area contributed by atoms with Gasteiger partial charge in [-0.3, -0.25) is 0 Å². The molecule has 2 rings (SSSR count). The van der Waals surface area contributed by atoms with Crippen LogP contribution in [0.3, 0.4) is 0 Å². The first-order valence-corrected chi connectivity index (χ1v) is 7.90. The van der Waals surface area contributed by atoms with Gasteiger partial charge in [0, 0.05) is 11.3 Å². The van der Waals surface area contributed by atoms with E-state index in [-0.39, 0.29) is 0 Å². The Morgan fingerprint density at radius 1 is 1.33 bits per heavy atom. The number of nitrogens with one attached hydrogen (secondary N) is 1. The Morgan fingerprint density at radius 3 is 2.67 bits per heavy atom. The van der Waals surface area contributed by atoms with E-state index in [0.29, 0.717) is 4.75 Å². The van der Waals surface area contributed by atoms with Gasteiger partial charge in [-0.2, -0.15) is 11.8 Å². The second kappa shape index (κ2) is 5.83. The minimum atomic E-state index is 0.398. The molecule has 3 nitrogen and oxygen atoms in total. The highest BCUT2D eigenvalue weighted by molar-refractivity contribution is 8.00. The highest BCUT2D eigenvalue weighted by Gasteiger charge is 2.30. The predicted octanol–water partition coefficient (Wildman–Crippen LogP) is 3.45. The largest absolute Gasteiger partial charge is 0.397 e. The van der Waals surface area contributed by atoms with Gasteiger partial charge >= 0.3 is 0 Å². The summed E-state index contributed by atoms with van der Waals surface area (Å²) in [6, 6.07) is 3.90. The number of aryl methyl sites for hydroxylation is 1. The molecule has 1 aromatic heterocycles. The smallest absolute Gasteiger partial charge is 0.126 e. The van der Waals surface area contributed by atoms with Crippen molar-refractivity contribution in [3.05, 3.63) is 17.8 Å². The van der Waals surface area contributed by atoms with Crippen LogP contribution < -0.4 is 11.1 Å². The third-order valence-corrected chi connectivity index (χ3v) is 5.33. The Hall–Kier alpha value is -0.900. The van der Waals surface area contributed by atoms with Crippen LogP contribution in [0, 0.1) is 6.92 Å². The maximum absolute atomic E-state index is 5.79. The van der Waals surface area contributed by atoms with Gasteiger partial charge in [0.2, 0.25) is 0 Å². The van der Waals surface area contributed by atoms with Gasteiger partial charge in [0.15, 0.2) is 0 Å². The lowest BCUT2D eigenvalue weighted by Crippen LogP contribution is -2.35. The number of anilines is 2. The monoisotopic (exact) mass is 265 g/mol. The summed E-state index contributed by atoms with van der Waals surface area (Å²) in [5, 5.41) is 3.49. The zero-order valence-corrected chi connectivity index (χ0v) is 12.1. The van der Waals surface area contributed by atoms with Crippen LogP contribution in [-0.2, 0) is 0 Å². The van der Waals surface area contributed by atoms with Crippen molar-refractivity contribution in [1.29, 1.82) is 0 Å². The Balaban J connectivity index is 1.98. The maximum atomic E-state index is 5.79. The van der Waals surface area contributed by atoms with Crippen molar-refractivity contribution in [3.63, 3.8) is 0 Å². The predicted molar refractivity (Wildman–Crippen MR) is 81.2 cm³/mol.